The van der Waals surface area contributed by atoms with E-state index in [4.69, 9.17) is 23.2 Å². The molecular formula is C28H30Cl2N2O2S. The van der Waals surface area contributed by atoms with Gasteiger partial charge in [-0.1, -0.05) is 88.9 Å². The quantitative estimate of drug-likeness (QED) is 0.339. The maximum atomic E-state index is 13.5. The number of carbonyl (C=O) groups is 2. The molecule has 1 N–H and O–H groups in total. The molecule has 35 heavy (non-hydrogen) atoms. The fraction of sp³-hybridized carbons (Fsp3) is 0.286. The number of carbonyl (C=O) groups excluding carboxylic acids is 2. The van der Waals surface area contributed by atoms with E-state index in [2.05, 4.69) is 37.4 Å². The summed E-state index contributed by atoms with van der Waals surface area (Å²) in [6.45, 7) is 4.40. The van der Waals surface area contributed by atoms with Gasteiger partial charge in [0.05, 0.1) is 15.8 Å². The summed E-state index contributed by atoms with van der Waals surface area (Å²) in [5.74, 6) is 0.672. The number of amides is 2. The van der Waals surface area contributed by atoms with Gasteiger partial charge in [0, 0.05) is 25.8 Å². The fourth-order valence-corrected chi connectivity index (χ4v) is 5.21. The van der Waals surface area contributed by atoms with Gasteiger partial charge in [-0.2, -0.15) is 0 Å². The van der Waals surface area contributed by atoms with Crippen LogP contribution in [0, 0.1) is 13.8 Å². The predicted molar refractivity (Wildman–Crippen MR) is 147 cm³/mol. The van der Waals surface area contributed by atoms with Crippen LogP contribution < -0.4 is 5.32 Å². The highest BCUT2D eigenvalue weighted by Crippen LogP contribution is 2.25. The normalized spacial score (nSPS) is 11.7. The molecule has 1 unspecified atom stereocenters. The summed E-state index contributed by atoms with van der Waals surface area (Å²) >= 11 is 13.9. The molecule has 0 saturated heterocycles. The summed E-state index contributed by atoms with van der Waals surface area (Å²) in [5, 5.41) is 3.60. The van der Waals surface area contributed by atoms with Gasteiger partial charge in [0.1, 0.15) is 6.04 Å². The minimum atomic E-state index is -0.661. The van der Waals surface area contributed by atoms with Crippen LogP contribution in [0.3, 0.4) is 0 Å². The second-order valence-electron chi connectivity index (χ2n) is 8.58. The molecule has 0 radical (unpaired) electrons. The first-order valence-corrected chi connectivity index (χ1v) is 13.3. The lowest BCUT2D eigenvalue weighted by molar-refractivity contribution is -0.139. The maximum absolute atomic E-state index is 13.5. The first-order valence-electron chi connectivity index (χ1n) is 11.4. The SMILES string of the molecule is CNC(=O)C(Cc1ccccc1)N(Cc1ccc(Cl)c(Cl)c1)C(=O)CSCc1cc(C)cc(C)c1. The van der Waals surface area contributed by atoms with E-state index in [1.54, 1.807) is 35.8 Å². The van der Waals surface area contributed by atoms with Crippen LogP contribution in [-0.2, 0) is 28.3 Å². The molecule has 184 valence electrons. The molecule has 2 amide bonds. The molecule has 0 saturated carbocycles. The number of nitrogens with one attached hydrogen (secondary N) is 1. The van der Waals surface area contributed by atoms with Crippen LogP contribution in [0.1, 0.15) is 27.8 Å². The van der Waals surface area contributed by atoms with E-state index in [1.165, 1.54) is 16.7 Å². The zero-order valence-corrected chi connectivity index (χ0v) is 22.5. The molecule has 0 aliphatic rings. The van der Waals surface area contributed by atoms with Crippen molar-refractivity contribution >= 4 is 46.8 Å². The van der Waals surface area contributed by atoms with Gasteiger partial charge in [-0.05, 0) is 42.7 Å². The van der Waals surface area contributed by atoms with E-state index < -0.39 is 6.04 Å². The van der Waals surface area contributed by atoms with Crippen LogP contribution in [0.25, 0.3) is 0 Å². The molecule has 0 aliphatic carbocycles. The summed E-state index contributed by atoms with van der Waals surface area (Å²) < 4.78 is 0. The number of nitrogens with zero attached hydrogens (tertiary/aromatic N) is 1. The molecule has 3 rings (SSSR count). The van der Waals surface area contributed by atoms with Crippen molar-refractivity contribution in [2.24, 2.45) is 0 Å². The van der Waals surface area contributed by atoms with Crippen LogP contribution >= 0.6 is 35.0 Å². The van der Waals surface area contributed by atoms with Crippen molar-refractivity contribution in [1.29, 1.82) is 0 Å². The average Bonchev–Trinajstić information content (AvgIpc) is 2.83. The second-order valence-corrected chi connectivity index (χ2v) is 10.4. The van der Waals surface area contributed by atoms with Gasteiger partial charge in [0.15, 0.2) is 0 Å². The molecule has 0 fully saturated rings. The molecule has 7 heteroatoms. The van der Waals surface area contributed by atoms with Gasteiger partial charge in [0.2, 0.25) is 11.8 Å². The molecule has 3 aromatic rings. The van der Waals surface area contributed by atoms with Gasteiger partial charge in [-0.15, -0.1) is 11.8 Å². The molecule has 1 atom stereocenters. The number of likely N-dealkylation sites (N-methyl/N-ethyl adjacent to an activating group) is 1. The van der Waals surface area contributed by atoms with Crippen molar-refractivity contribution < 1.29 is 9.59 Å². The summed E-state index contributed by atoms with van der Waals surface area (Å²) in [6.07, 6.45) is 0.412. The minimum absolute atomic E-state index is 0.102. The zero-order valence-electron chi connectivity index (χ0n) is 20.2. The Morgan fingerprint density at radius 1 is 0.886 bits per heavy atom. The van der Waals surface area contributed by atoms with Crippen molar-refractivity contribution in [1.82, 2.24) is 10.2 Å². The second kappa shape index (κ2) is 13.0. The number of thioether (sulfide) groups is 1. The Balaban J connectivity index is 1.83. The predicted octanol–water partition coefficient (Wildman–Crippen LogP) is 6.23. The number of hydrogen-bond donors (Lipinski definition) is 1. The Labute approximate surface area is 222 Å². The highest BCUT2D eigenvalue weighted by Gasteiger charge is 2.29. The zero-order chi connectivity index (χ0) is 25.4. The lowest BCUT2D eigenvalue weighted by atomic mass is 10.0. The van der Waals surface area contributed by atoms with E-state index in [1.807, 2.05) is 36.4 Å². The third kappa shape index (κ3) is 8.03. The van der Waals surface area contributed by atoms with E-state index in [-0.39, 0.29) is 24.1 Å². The molecule has 0 heterocycles. The number of benzene rings is 3. The molecular weight excluding hydrogens is 499 g/mol. The van der Waals surface area contributed by atoms with E-state index >= 15 is 0 Å². The molecule has 0 spiro atoms. The summed E-state index contributed by atoms with van der Waals surface area (Å²) in [6, 6.07) is 20.8. The standard InChI is InChI=1S/C28H30Cl2N2O2S/c1-19-11-20(2)13-23(12-19)17-35-18-27(33)32(16-22-9-10-24(29)25(30)14-22)26(28(34)31-3)15-21-7-5-4-6-8-21/h4-14,26H,15-18H2,1-3H3,(H,31,34). The summed E-state index contributed by atoms with van der Waals surface area (Å²) in [5.41, 5.74) is 5.39. The summed E-state index contributed by atoms with van der Waals surface area (Å²) in [4.78, 5) is 28.2. The van der Waals surface area contributed by atoms with Gasteiger partial charge in [-0.3, -0.25) is 9.59 Å². The lowest BCUT2D eigenvalue weighted by Gasteiger charge is -2.31. The molecule has 0 bridgehead atoms. The highest BCUT2D eigenvalue weighted by atomic mass is 35.5. The lowest BCUT2D eigenvalue weighted by Crippen LogP contribution is -2.50. The number of halogens is 2. The van der Waals surface area contributed by atoms with Crippen molar-refractivity contribution in [2.75, 3.05) is 12.8 Å². The smallest absolute Gasteiger partial charge is 0.242 e. The number of hydrogen-bond acceptors (Lipinski definition) is 3. The van der Waals surface area contributed by atoms with Gasteiger partial charge < -0.3 is 10.2 Å². The van der Waals surface area contributed by atoms with Crippen molar-refractivity contribution in [3.05, 3.63) is 105 Å². The van der Waals surface area contributed by atoms with E-state index in [0.717, 1.165) is 16.9 Å². The molecule has 0 aromatic heterocycles. The van der Waals surface area contributed by atoms with Crippen LogP contribution in [0.2, 0.25) is 10.0 Å². The van der Waals surface area contributed by atoms with Crippen molar-refractivity contribution in [3.8, 4) is 0 Å². The van der Waals surface area contributed by atoms with Crippen molar-refractivity contribution in [3.63, 3.8) is 0 Å². The van der Waals surface area contributed by atoms with Gasteiger partial charge >= 0.3 is 0 Å². The highest BCUT2D eigenvalue weighted by molar-refractivity contribution is 7.99. The Morgan fingerprint density at radius 3 is 2.20 bits per heavy atom. The monoisotopic (exact) mass is 528 g/mol. The third-order valence-electron chi connectivity index (χ3n) is 5.63. The minimum Gasteiger partial charge on any atom is -0.357 e. The first-order chi connectivity index (χ1) is 16.8. The molecule has 4 nitrogen and oxygen atoms in total. The van der Waals surface area contributed by atoms with Gasteiger partial charge in [-0.25, -0.2) is 0 Å². The van der Waals surface area contributed by atoms with E-state index in [9.17, 15) is 9.59 Å². The van der Waals surface area contributed by atoms with Crippen LogP contribution in [0.4, 0.5) is 0 Å². The van der Waals surface area contributed by atoms with Crippen LogP contribution in [0.15, 0.2) is 66.7 Å². The maximum Gasteiger partial charge on any atom is 0.242 e. The Kier molecular flexibility index (Phi) is 10.1. The van der Waals surface area contributed by atoms with Crippen LogP contribution in [0.5, 0.6) is 0 Å². The third-order valence-corrected chi connectivity index (χ3v) is 7.36. The fourth-order valence-electron chi connectivity index (χ4n) is 4.05. The summed E-state index contributed by atoms with van der Waals surface area (Å²) in [7, 11) is 1.59. The van der Waals surface area contributed by atoms with Crippen LogP contribution in [-0.4, -0.2) is 35.6 Å². The molecule has 3 aromatic carbocycles. The van der Waals surface area contributed by atoms with Gasteiger partial charge in [0.25, 0.3) is 0 Å². The topological polar surface area (TPSA) is 49.4 Å². The Hall–Kier alpha value is -2.47. The first kappa shape index (κ1) is 27.1. The Morgan fingerprint density at radius 2 is 1.57 bits per heavy atom. The largest absolute Gasteiger partial charge is 0.357 e. The number of rotatable bonds is 10. The Bertz CT molecular complexity index is 1150. The van der Waals surface area contributed by atoms with E-state index in [0.29, 0.717) is 16.5 Å². The number of aryl methyl sites for hydroxylation is 2. The van der Waals surface area contributed by atoms with Crippen molar-refractivity contribution in [2.45, 2.75) is 38.6 Å². The molecule has 0 aliphatic heterocycles. The average molecular weight is 530 g/mol.